The lowest BCUT2D eigenvalue weighted by Gasteiger charge is -2.37. The standard InChI is InChI=1S/C24H25N3O3/c1-18-7-5-6-10-20(18)22-21(17-27(25-22)19-8-3-2-4-9-19)23(28)26-13-11-24(12-14-26)29-15-16-30-24/h2-10,17H,11-16H2,1H3. The van der Waals surface area contributed by atoms with E-state index in [1.54, 1.807) is 4.68 Å². The number of nitrogens with zero attached hydrogens (tertiary/aromatic N) is 3. The van der Waals surface area contributed by atoms with Crippen molar-refractivity contribution in [3.8, 4) is 16.9 Å². The molecule has 1 amide bonds. The minimum atomic E-state index is -0.496. The number of carbonyl (C=O) groups excluding carboxylic acids is 1. The maximum absolute atomic E-state index is 13.5. The second kappa shape index (κ2) is 7.70. The quantitative estimate of drug-likeness (QED) is 0.667. The highest BCUT2D eigenvalue weighted by Gasteiger charge is 2.41. The number of amides is 1. The summed E-state index contributed by atoms with van der Waals surface area (Å²) >= 11 is 0. The Morgan fingerprint density at radius 3 is 2.33 bits per heavy atom. The Bertz CT molecular complexity index is 1040. The number of aromatic nitrogens is 2. The van der Waals surface area contributed by atoms with Crippen molar-refractivity contribution >= 4 is 5.91 Å². The summed E-state index contributed by atoms with van der Waals surface area (Å²) in [7, 11) is 0. The van der Waals surface area contributed by atoms with Crippen molar-refractivity contribution in [1.82, 2.24) is 14.7 Å². The zero-order valence-electron chi connectivity index (χ0n) is 17.1. The van der Waals surface area contributed by atoms with Crippen LogP contribution in [-0.4, -0.2) is 52.7 Å². The monoisotopic (exact) mass is 403 g/mol. The average molecular weight is 403 g/mol. The molecule has 1 aromatic heterocycles. The first-order valence-electron chi connectivity index (χ1n) is 10.4. The lowest BCUT2D eigenvalue weighted by molar-refractivity contribution is -0.181. The molecule has 0 aliphatic carbocycles. The largest absolute Gasteiger partial charge is 0.347 e. The van der Waals surface area contributed by atoms with E-state index in [0.717, 1.165) is 22.5 Å². The number of ether oxygens (including phenoxy) is 2. The Morgan fingerprint density at radius 1 is 0.967 bits per heavy atom. The first-order valence-corrected chi connectivity index (χ1v) is 10.4. The van der Waals surface area contributed by atoms with Gasteiger partial charge in [-0.2, -0.15) is 5.10 Å². The number of benzene rings is 2. The second-order valence-electron chi connectivity index (χ2n) is 7.89. The minimum Gasteiger partial charge on any atom is -0.347 e. The predicted molar refractivity (Wildman–Crippen MR) is 114 cm³/mol. The summed E-state index contributed by atoms with van der Waals surface area (Å²) < 4.78 is 13.4. The van der Waals surface area contributed by atoms with Gasteiger partial charge in [0.15, 0.2) is 5.79 Å². The van der Waals surface area contributed by atoms with E-state index in [1.165, 1.54) is 0 Å². The van der Waals surface area contributed by atoms with Crippen LogP contribution in [0.15, 0.2) is 60.8 Å². The van der Waals surface area contributed by atoms with Crippen molar-refractivity contribution in [2.45, 2.75) is 25.6 Å². The molecule has 2 saturated heterocycles. The predicted octanol–water partition coefficient (Wildman–Crippen LogP) is 3.83. The van der Waals surface area contributed by atoms with Gasteiger partial charge in [0, 0.05) is 37.7 Å². The normalized spacial score (nSPS) is 18.1. The third kappa shape index (κ3) is 3.42. The fourth-order valence-corrected chi connectivity index (χ4v) is 4.29. The summed E-state index contributed by atoms with van der Waals surface area (Å²) in [5.74, 6) is -0.493. The van der Waals surface area contributed by atoms with E-state index < -0.39 is 5.79 Å². The first-order chi connectivity index (χ1) is 14.7. The van der Waals surface area contributed by atoms with E-state index in [-0.39, 0.29) is 5.91 Å². The molecule has 6 nitrogen and oxygen atoms in total. The molecule has 0 saturated carbocycles. The fraction of sp³-hybridized carbons (Fsp3) is 0.333. The van der Waals surface area contributed by atoms with Crippen molar-refractivity contribution in [3.05, 3.63) is 71.9 Å². The maximum atomic E-state index is 13.5. The molecule has 2 fully saturated rings. The van der Waals surface area contributed by atoms with E-state index in [1.807, 2.05) is 72.6 Å². The lowest BCUT2D eigenvalue weighted by atomic mass is 10.00. The molecule has 0 radical (unpaired) electrons. The Kier molecular flexibility index (Phi) is 4.89. The van der Waals surface area contributed by atoms with Gasteiger partial charge in [-0.25, -0.2) is 4.68 Å². The molecule has 5 rings (SSSR count). The number of carbonyl (C=O) groups is 1. The summed E-state index contributed by atoms with van der Waals surface area (Å²) in [5.41, 5.74) is 4.34. The Hall–Kier alpha value is -2.96. The minimum absolute atomic E-state index is 0.00304. The van der Waals surface area contributed by atoms with Crippen LogP contribution in [0, 0.1) is 6.92 Å². The average Bonchev–Trinajstić information content (AvgIpc) is 3.43. The van der Waals surface area contributed by atoms with Gasteiger partial charge in [-0.3, -0.25) is 4.79 Å². The van der Waals surface area contributed by atoms with E-state index in [4.69, 9.17) is 14.6 Å². The molecule has 0 bridgehead atoms. The van der Waals surface area contributed by atoms with Crippen LogP contribution in [0.5, 0.6) is 0 Å². The van der Waals surface area contributed by atoms with Crippen LogP contribution in [0.2, 0.25) is 0 Å². The van der Waals surface area contributed by atoms with Crippen molar-refractivity contribution < 1.29 is 14.3 Å². The van der Waals surface area contributed by atoms with Crippen molar-refractivity contribution in [2.24, 2.45) is 0 Å². The summed E-state index contributed by atoms with van der Waals surface area (Å²) in [5, 5.41) is 4.82. The van der Waals surface area contributed by atoms with E-state index in [9.17, 15) is 4.79 Å². The first kappa shape index (κ1) is 19.0. The molecule has 0 unspecified atom stereocenters. The van der Waals surface area contributed by atoms with E-state index in [2.05, 4.69) is 0 Å². The van der Waals surface area contributed by atoms with Gasteiger partial charge in [0.2, 0.25) is 0 Å². The van der Waals surface area contributed by atoms with E-state index in [0.29, 0.717) is 44.7 Å². The highest BCUT2D eigenvalue weighted by atomic mass is 16.7. The number of rotatable bonds is 3. The smallest absolute Gasteiger partial charge is 0.257 e. The second-order valence-corrected chi connectivity index (χ2v) is 7.89. The Balaban J connectivity index is 1.49. The zero-order valence-corrected chi connectivity index (χ0v) is 17.1. The molecule has 2 aliphatic rings. The number of aryl methyl sites for hydroxylation is 1. The van der Waals surface area contributed by atoms with Gasteiger partial charge in [-0.15, -0.1) is 0 Å². The van der Waals surface area contributed by atoms with Crippen molar-refractivity contribution in [1.29, 1.82) is 0 Å². The van der Waals surface area contributed by atoms with Gasteiger partial charge < -0.3 is 14.4 Å². The van der Waals surface area contributed by atoms with Crippen LogP contribution >= 0.6 is 0 Å². The summed E-state index contributed by atoms with van der Waals surface area (Å²) in [6.07, 6.45) is 3.25. The van der Waals surface area contributed by atoms with Crippen LogP contribution in [0.4, 0.5) is 0 Å². The lowest BCUT2D eigenvalue weighted by Crippen LogP contribution is -2.47. The number of piperidine rings is 1. The third-order valence-corrected chi connectivity index (χ3v) is 5.99. The summed E-state index contributed by atoms with van der Waals surface area (Å²) in [6, 6.07) is 17.9. The molecular formula is C24H25N3O3. The number of likely N-dealkylation sites (tertiary alicyclic amines) is 1. The maximum Gasteiger partial charge on any atom is 0.257 e. The molecule has 3 heterocycles. The highest BCUT2D eigenvalue weighted by Crippen LogP contribution is 2.33. The number of hydrogen-bond acceptors (Lipinski definition) is 4. The Labute approximate surface area is 176 Å². The fourth-order valence-electron chi connectivity index (χ4n) is 4.29. The molecule has 6 heteroatoms. The summed E-state index contributed by atoms with van der Waals surface area (Å²) in [6.45, 7) is 4.54. The van der Waals surface area contributed by atoms with Crippen LogP contribution < -0.4 is 0 Å². The third-order valence-electron chi connectivity index (χ3n) is 5.99. The molecule has 0 N–H and O–H groups in total. The molecule has 2 aromatic carbocycles. The molecule has 0 atom stereocenters. The molecule has 30 heavy (non-hydrogen) atoms. The highest BCUT2D eigenvalue weighted by molar-refractivity contribution is 6.00. The number of para-hydroxylation sites is 1. The molecule has 1 spiro atoms. The van der Waals surface area contributed by atoms with E-state index >= 15 is 0 Å². The molecule has 3 aromatic rings. The number of hydrogen-bond donors (Lipinski definition) is 0. The van der Waals surface area contributed by atoms with Gasteiger partial charge in [0.25, 0.3) is 5.91 Å². The molecule has 2 aliphatic heterocycles. The molecular weight excluding hydrogens is 378 g/mol. The zero-order chi connectivity index (χ0) is 20.6. The van der Waals surface area contributed by atoms with Crippen LogP contribution in [0.25, 0.3) is 16.9 Å². The van der Waals surface area contributed by atoms with Crippen molar-refractivity contribution in [3.63, 3.8) is 0 Å². The van der Waals surface area contributed by atoms with Crippen molar-refractivity contribution in [2.75, 3.05) is 26.3 Å². The SMILES string of the molecule is Cc1ccccc1-c1nn(-c2ccccc2)cc1C(=O)N1CCC2(CC1)OCCO2. The Morgan fingerprint density at radius 2 is 1.63 bits per heavy atom. The van der Waals surface area contributed by atoms with Gasteiger partial charge >= 0.3 is 0 Å². The molecule has 154 valence electrons. The van der Waals surface area contributed by atoms with Gasteiger partial charge in [0.05, 0.1) is 24.5 Å². The van der Waals surface area contributed by atoms with Crippen LogP contribution in [-0.2, 0) is 9.47 Å². The van der Waals surface area contributed by atoms with Crippen LogP contribution in [0.3, 0.4) is 0 Å². The summed E-state index contributed by atoms with van der Waals surface area (Å²) in [4.78, 5) is 15.4. The van der Waals surface area contributed by atoms with Gasteiger partial charge in [-0.05, 0) is 24.6 Å². The topological polar surface area (TPSA) is 56.6 Å². The van der Waals surface area contributed by atoms with Gasteiger partial charge in [-0.1, -0.05) is 42.5 Å². The van der Waals surface area contributed by atoms with Crippen LogP contribution in [0.1, 0.15) is 28.8 Å². The van der Waals surface area contributed by atoms with Gasteiger partial charge in [0.1, 0.15) is 5.69 Å².